The first kappa shape index (κ1) is 12.9. The molecule has 17 heavy (non-hydrogen) atoms. The van der Waals surface area contributed by atoms with Crippen LogP contribution in [0.1, 0.15) is 24.8 Å². The molecule has 1 saturated heterocycles. The molecule has 1 aliphatic heterocycles. The Morgan fingerprint density at radius 3 is 3.06 bits per heavy atom. The van der Waals surface area contributed by atoms with E-state index in [0.29, 0.717) is 0 Å². The Kier molecular flexibility index (Phi) is 4.84. The van der Waals surface area contributed by atoms with Crippen molar-refractivity contribution in [2.45, 2.75) is 31.8 Å². The largest absolute Gasteiger partial charge is 0.314 e. The van der Waals surface area contributed by atoms with Gasteiger partial charge in [0.05, 0.1) is 0 Å². The van der Waals surface area contributed by atoms with E-state index in [-0.39, 0.29) is 0 Å². The zero-order chi connectivity index (χ0) is 12.1. The first-order valence-electron chi connectivity index (χ1n) is 6.40. The van der Waals surface area contributed by atoms with Crippen LogP contribution < -0.4 is 5.32 Å². The molecule has 1 fully saturated rings. The highest BCUT2D eigenvalue weighted by molar-refractivity contribution is 6.30. The lowest BCUT2D eigenvalue weighted by Gasteiger charge is -2.19. The summed E-state index contributed by atoms with van der Waals surface area (Å²) in [6, 6.07) is 8.86. The van der Waals surface area contributed by atoms with E-state index in [1.54, 1.807) is 0 Å². The Morgan fingerprint density at radius 1 is 1.47 bits per heavy atom. The third-order valence-corrected chi connectivity index (χ3v) is 3.60. The molecule has 0 radical (unpaired) electrons. The summed E-state index contributed by atoms with van der Waals surface area (Å²) in [6.45, 7) is 3.32. The zero-order valence-corrected chi connectivity index (χ0v) is 11.2. The van der Waals surface area contributed by atoms with Crippen LogP contribution in [0.5, 0.6) is 0 Å². The predicted octanol–water partition coefficient (Wildman–Crippen LogP) is 2.91. The molecule has 2 nitrogen and oxygen atoms in total. The molecular weight excluding hydrogens is 232 g/mol. The molecule has 1 heterocycles. The van der Waals surface area contributed by atoms with Crippen molar-refractivity contribution in [2.75, 3.05) is 20.1 Å². The van der Waals surface area contributed by atoms with Crippen LogP contribution in [0.15, 0.2) is 24.3 Å². The summed E-state index contributed by atoms with van der Waals surface area (Å²) in [5, 5.41) is 4.36. The van der Waals surface area contributed by atoms with Gasteiger partial charge in [0.25, 0.3) is 0 Å². The summed E-state index contributed by atoms with van der Waals surface area (Å²) in [5.41, 5.74) is 1.29. The van der Waals surface area contributed by atoms with E-state index in [9.17, 15) is 0 Å². The molecule has 1 aliphatic rings. The van der Waals surface area contributed by atoms with Gasteiger partial charge in [0.15, 0.2) is 0 Å². The van der Waals surface area contributed by atoms with E-state index in [2.05, 4.69) is 23.3 Å². The number of nitrogens with one attached hydrogen (secondary N) is 1. The van der Waals surface area contributed by atoms with E-state index in [4.69, 9.17) is 11.6 Å². The van der Waals surface area contributed by atoms with Crippen molar-refractivity contribution in [3.63, 3.8) is 0 Å². The molecule has 1 atom stereocenters. The quantitative estimate of drug-likeness (QED) is 0.867. The molecule has 1 N–H and O–H groups in total. The monoisotopic (exact) mass is 252 g/mol. The Balaban J connectivity index is 1.74. The fourth-order valence-electron chi connectivity index (χ4n) is 2.41. The van der Waals surface area contributed by atoms with Crippen LogP contribution in [0.2, 0.25) is 5.02 Å². The molecule has 94 valence electrons. The molecular formula is C14H21ClN2. The van der Waals surface area contributed by atoms with Crippen LogP contribution in [-0.2, 0) is 6.54 Å². The molecule has 0 bridgehead atoms. The fraction of sp³-hybridized carbons (Fsp3) is 0.571. The van der Waals surface area contributed by atoms with Crippen LogP contribution in [-0.4, -0.2) is 31.1 Å². The lowest BCUT2D eigenvalue weighted by molar-refractivity contribution is 0.305. The van der Waals surface area contributed by atoms with Crippen molar-refractivity contribution in [3.05, 3.63) is 34.9 Å². The summed E-state index contributed by atoms with van der Waals surface area (Å²) < 4.78 is 0. The number of hydrogen-bond donors (Lipinski definition) is 1. The lowest BCUT2D eigenvalue weighted by atomic mass is 10.1. The molecule has 0 saturated carbocycles. The van der Waals surface area contributed by atoms with Crippen LogP contribution in [0, 0.1) is 0 Å². The molecule has 0 amide bonds. The Morgan fingerprint density at radius 2 is 2.35 bits per heavy atom. The summed E-state index contributed by atoms with van der Waals surface area (Å²) in [4.78, 5) is 2.37. The molecule has 0 aromatic heterocycles. The highest BCUT2D eigenvalue weighted by Crippen LogP contribution is 2.13. The summed E-state index contributed by atoms with van der Waals surface area (Å²) in [7, 11) is 2.18. The van der Waals surface area contributed by atoms with Gasteiger partial charge in [-0.2, -0.15) is 0 Å². The van der Waals surface area contributed by atoms with Crippen molar-refractivity contribution in [3.8, 4) is 0 Å². The highest BCUT2D eigenvalue weighted by atomic mass is 35.5. The minimum Gasteiger partial charge on any atom is -0.314 e. The van der Waals surface area contributed by atoms with Gasteiger partial charge in [-0.05, 0) is 57.1 Å². The average Bonchev–Trinajstić information content (AvgIpc) is 2.79. The topological polar surface area (TPSA) is 15.3 Å². The van der Waals surface area contributed by atoms with Crippen LogP contribution >= 0.6 is 11.6 Å². The maximum Gasteiger partial charge on any atom is 0.0409 e. The predicted molar refractivity (Wildman–Crippen MR) is 73.4 cm³/mol. The molecule has 1 unspecified atom stereocenters. The van der Waals surface area contributed by atoms with Crippen LogP contribution in [0.3, 0.4) is 0 Å². The smallest absolute Gasteiger partial charge is 0.0409 e. The molecule has 0 spiro atoms. The standard InChI is InChI=1S/C14H21ClN2/c1-17(9-7-14-6-3-8-16-14)11-12-4-2-5-13(15)10-12/h2,4-5,10,14,16H,3,6-9,11H2,1H3. The summed E-state index contributed by atoms with van der Waals surface area (Å²) in [6.07, 6.45) is 3.92. The normalized spacial score (nSPS) is 20.1. The Labute approximate surface area is 109 Å². The molecule has 2 rings (SSSR count). The van der Waals surface area contributed by atoms with Crippen molar-refractivity contribution in [1.82, 2.24) is 10.2 Å². The van der Waals surface area contributed by atoms with E-state index in [0.717, 1.165) is 24.2 Å². The number of rotatable bonds is 5. The van der Waals surface area contributed by atoms with Crippen LogP contribution in [0.4, 0.5) is 0 Å². The maximum absolute atomic E-state index is 5.98. The SMILES string of the molecule is CN(CCC1CCCN1)Cc1cccc(Cl)c1. The van der Waals surface area contributed by atoms with Gasteiger partial charge >= 0.3 is 0 Å². The average molecular weight is 253 g/mol. The number of nitrogens with zero attached hydrogens (tertiary/aromatic N) is 1. The number of hydrogen-bond acceptors (Lipinski definition) is 2. The van der Waals surface area contributed by atoms with Gasteiger partial charge in [0.2, 0.25) is 0 Å². The minimum absolute atomic E-state index is 0.733. The molecule has 1 aromatic carbocycles. The molecule has 0 aliphatic carbocycles. The van der Waals surface area contributed by atoms with Crippen molar-refractivity contribution < 1.29 is 0 Å². The molecule has 3 heteroatoms. The third-order valence-electron chi connectivity index (χ3n) is 3.36. The minimum atomic E-state index is 0.733. The second-order valence-electron chi connectivity index (χ2n) is 4.95. The summed E-state index contributed by atoms with van der Waals surface area (Å²) >= 11 is 5.98. The van der Waals surface area contributed by atoms with E-state index in [1.807, 2.05) is 18.2 Å². The van der Waals surface area contributed by atoms with Crippen LogP contribution in [0.25, 0.3) is 0 Å². The van der Waals surface area contributed by atoms with E-state index < -0.39 is 0 Å². The van der Waals surface area contributed by atoms with E-state index in [1.165, 1.54) is 31.4 Å². The van der Waals surface area contributed by atoms with E-state index >= 15 is 0 Å². The number of benzene rings is 1. The fourth-order valence-corrected chi connectivity index (χ4v) is 2.62. The second kappa shape index (κ2) is 6.39. The van der Waals surface area contributed by atoms with Gasteiger partial charge in [-0.3, -0.25) is 0 Å². The number of halogens is 1. The van der Waals surface area contributed by atoms with Gasteiger partial charge in [0.1, 0.15) is 0 Å². The van der Waals surface area contributed by atoms with Gasteiger partial charge in [-0.1, -0.05) is 23.7 Å². The highest BCUT2D eigenvalue weighted by Gasteiger charge is 2.14. The van der Waals surface area contributed by atoms with Gasteiger partial charge in [0, 0.05) is 17.6 Å². The maximum atomic E-state index is 5.98. The summed E-state index contributed by atoms with van der Waals surface area (Å²) in [5.74, 6) is 0. The third kappa shape index (κ3) is 4.30. The Bertz CT molecular complexity index is 348. The van der Waals surface area contributed by atoms with Crippen molar-refractivity contribution >= 4 is 11.6 Å². The Hall–Kier alpha value is -0.570. The van der Waals surface area contributed by atoms with Crippen molar-refractivity contribution in [1.29, 1.82) is 0 Å². The molecule has 1 aromatic rings. The lowest BCUT2D eigenvalue weighted by Crippen LogP contribution is -2.28. The first-order valence-corrected chi connectivity index (χ1v) is 6.78. The zero-order valence-electron chi connectivity index (χ0n) is 10.5. The van der Waals surface area contributed by atoms with Crippen molar-refractivity contribution in [2.24, 2.45) is 0 Å². The van der Waals surface area contributed by atoms with Gasteiger partial charge in [-0.15, -0.1) is 0 Å². The van der Waals surface area contributed by atoms with Gasteiger partial charge in [-0.25, -0.2) is 0 Å². The second-order valence-corrected chi connectivity index (χ2v) is 5.39. The first-order chi connectivity index (χ1) is 8.24. The van der Waals surface area contributed by atoms with Gasteiger partial charge < -0.3 is 10.2 Å².